The van der Waals surface area contributed by atoms with Crippen molar-refractivity contribution in [1.82, 2.24) is 20.8 Å². The Bertz CT molecular complexity index is 1340. The zero-order chi connectivity index (χ0) is 23.7. The number of aromatic nitrogens is 2. The van der Waals surface area contributed by atoms with Crippen molar-refractivity contribution in [3.63, 3.8) is 0 Å². The van der Waals surface area contributed by atoms with Gasteiger partial charge >= 0.3 is 11.8 Å². The third kappa shape index (κ3) is 4.93. The first kappa shape index (κ1) is 22.4. The quantitative estimate of drug-likeness (QED) is 0.388. The van der Waals surface area contributed by atoms with Crippen molar-refractivity contribution in [3.8, 4) is 11.4 Å². The van der Waals surface area contributed by atoms with Crippen molar-refractivity contribution in [2.24, 2.45) is 0 Å². The van der Waals surface area contributed by atoms with Crippen LogP contribution in [-0.2, 0) is 0 Å². The molecule has 2 aromatic carbocycles. The first-order valence-electron chi connectivity index (χ1n) is 10.8. The Labute approximate surface area is 204 Å². The number of furan rings is 1. The summed E-state index contributed by atoms with van der Waals surface area (Å²) in [7, 11) is 0. The normalized spacial score (nSPS) is 18.1. The van der Waals surface area contributed by atoms with E-state index >= 15 is 0 Å². The van der Waals surface area contributed by atoms with Gasteiger partial charge in [-0.25, -0.2) is 0 Å². The molecule has 5 rings (SSSR count). The molecule has 0 spiro atoms. The van der Waals surface area contributed by atoms with E-state index in [-0.39, 0.29) is 29.6 Å². The van der Waals surface area contributed by atoms with Crippen LogP contribution >= 0.6 is 23.2 Å². The van der Waals surface area contributed by atoms with Crippen molar-refractivity contribution in [2.45, 2.75) is 37.8 Å². The lowest BCUT2D eigenvalue weighted by molar-refractivity contribution is 0.0856. The fourth-order valence-electron chi connectivity index (χ4n) is 4.04. The molecule has 4 aromatic rings. The molecule has 8 nitrogen and oxygen atoms in total. The van der Waals surface area contributed by atoms with Gasteiger partial charge in [0.25, 0.3) is 5.91 Å². The van der Waals surface area contributed by atoms with Crippen LogP contribution in [0.4, 0.5) is 0 Å². The third-order valence-electron chi connectivity index (χ3n) is 5.82. The van der Waals surface area contributed by atoms with Crippen molar-refractivity contribution in [2.75, 3.05) is 0 Å². The minimum absolute atomic E-state index is 0.00244. The van der Waals surface area contributed by atoms with Gasteiger partial charge in [0.2, 0.25) is 5.82 Å². The topological polar surface area (TPSA) is 110 Å². The second-order valence-electron chi connectivity index (χ2n) is 8.22. The number of hydrogen-bond donors (Lipinski definition) is 2. The number of fused-ring (bicyclic) bond motifs is 1. The standard InChI is InChI=1S/C24H20Cl2N4O4/c25-15-3-1-13(2-4-15)21-29-24(34-30-21)23(32)28-18-8-6-17(7-9-18)27-22(31)20-12-14-11-16(26)5-10-19(14)33-20/h1-5,10-12,17-18H,6-9H2,(H,27,31)(H,28,32)/t17-,18-. The fraction of sp³-hybridized carbons (Fsp3) is 0.250. The number of benzene rings is 2. The van der Waals surface area contributed by atoms with Crippen LogP contribution in [0.15, 0.2) is 57.5 Å². The molecule has 1 saturated carbocycles. The number of nitrogens with zero attached hydrogens (tertiary/aromatic N) is 2. The maximum Gasteiger partial charge on any atom is 0.316 e. The van der Waals surface area contributed by atoms with E-state index in [9.17, 15) is 9.59 Å². The molecule has 1 aliphatic carbocycles. The van der Waals surface area contributed by atoms with Gasteiger partial charge in [-0.05, 0) is 74.2 Å². The van der Waals surface area contributed by atoms with Crippen LogP contribution in [0.1, 0.15) is 46.9 Å². The van der Waals surface area contributed by atoms with Crippen molar-refractivity contribution < 1.29 is 18.5 Å². The minimum Gasteiger partial charge on any atom is -0.451 e. The van der Waals surface area contributed by atoms with Gasteiger partial charge in [0, 0.05) is 33.1 Å². The number of hydrogen-bond acceptors (Lipinski definition) is 6. The molecule has 2 heterocycles. The van der Waals surface area contributed by atoms with Crippen LogP contribution in [0.5, 0.6) is 0 Å². The molecule has 2 N–H and O–H groups in total. The number of rotatable bonds is 5. The minimum atomic E-state index is -0.416. The summed E-state index contributed by atoms with van der Waals surface area (Å²) in [6.45, 7) is 0. The van der Waals surface area contributed by atoms with E-state index in [1.165, 1.54) is 0 Å². The van der Waals surface area contributed by atoms with E-state index < -0.39 is 5.91 Å². The van der Waals surface area contributed by atoms with E-state index in [2.05, 4.69) is 20.8 Å². The fourth-order valence-corrected chi connectivity index (χ4v) is 4.35. The number of carbonyl (C=O) groups is 2. The lowest BCUT2D eigenvalue weighted by Crippen LogP contribution is -2.43. The summed E-state index contributed by atoms with van der Waals surface area (Å²) in [6, 6.07) is 13.8. The molecule has 1 fully saturated rings. The van der Waals surface area contributed by atoms with Crippen LogP contribution in [0.2, 0.25) is 10.0 Å². The Morgan fingerprint density at radius 3 is 2.21 bits per heavy atom. The van der Waals surface area contributed by atoms with E-state index in [4.69, 9.17) is 32.1 Å². The maximum atomic E-state index is 12.6. The SMILES string of the molecule is O=C(N[C@H]1CC[C@H](NC(=O)c2nc(-c3ccc(Cl)cc3)no2)CC1)c1cc2cc(Cl)ccc2o1. The Kier molecular flexibility index (Phi) is 6.26. The monoisotopic (exact) mass is 498 g/mol. The Morgan fingerprint density at radius 1 is 0.853 bits per heavy atom. The highest BCUT2D eigenvalue weighted by molar-refractivity contribution is 6.31. The molecular formula is C24H20Cl2N4O4. The lowest BCUT2D eigenvalue weighted by Gasteiger charge is -2.29. The second kappa shape index (κ2) is 9.48. The van der Waals surface area contributed by atoms with Gasteiger partial charge in [0.05, 0.1) is 0 Å². The molecular weight excluding hydrogens is 479 g/mol. The summed E-state index contributed by atoms with van der Waals surface area (Å²) < 4.78 is 10.8. The predicted octanol–water partition coefficient (Wildman–Crippen LogP) is 5.26. The number of halogens is 2. The van der Waals surface area contributed by atoms with Crippen LogP contribution < -0.4 is 10.6 Å². The van der Waals surface area contributed by atoms with Gasteiger partial charge < -0.3 is 19.6 Å². The molecule has 34 heavy (non-hydrogen) atoms. The molecule has 0 bridgehead atoms. The molecule has 0 radical (unpaired) electrons. The third-order valence-corrected chi connectivity index (χ3v) is 6.31. The Morgan fingerprint density at radius 2 is 1.50 bits per heavy atom. The molecule has 2 amide bonds. The average Bonchev–Trinajstić information content (AvgIpc) is 3.48. The molecule has 0 aliphatic heterocycles. The lowest BCUT2D eigenvalue weighted by atomic mass is 9.91. The zero-order valence-corrected chi connectivity index (χ0v) is 19.4. The van der Waals surface area contributed by atoms with Crippen molar-refractivity contribution in [1.29, 1.82) is 0 Å². The van der Waals surface area contributed by atoms with Crippen molar-refractivity contribution >= 4 is 46.0 Å². The van der Waals surface area contributed by atoms with E-state index in [1.807, 2.05) is 0 Å². The highest BCUT2D eigenvalue weighted by atomic mass is 35.5. The highest BCUT2D eigenvalue weighted by Gasteiger charge is 2.26. The molecule has 0 atom stereocenters. The zero-order valence-electron chi connectivity index (χ0n) is 17.9. The van der Waals surface area contributed by atoms with Crippen LogP contribution in [0.25, 0.3) is 22.4 Å². The van der Waals surface area contributed by atoms with E-state index in [1.54, 1.807) is 48.5 Å². The summed E-state index contributed by atoms with van der Waals surface area (Å²) in [6.07, 6.45) is 2.88. The van der Waals surface area contributed by atoms with Crippen LogP contribution in [0, 0.1) is 0 Å². The second-order valence-corrected chi connectivity index (χ2v) is 9.09. The van der Waals surface area contributed by atoms with Crippen molar-refractivity contribution in [3.05, 3.63) is 70.2 Å². The number of nitrogens with one attached hydrogen (secondary N) is 2. The average molecular weight is 499 g/mol. The van der Waals surface area contributed by atoms with Gasteiger partial charge in [0.15, 0.2) is 5.76 Å². The first-order chi connectivity index (χ1) is 16.4. The summed E-state index contributed by atoms with van der Waals surface area (Å²) in [5.41, 5.74) is 1.32. The van der Waals surface area contributed by atoms with Crippen LogP contribution in [-0.4, -0.2) is 34.0 Å². The first-order valence-corrected chi connectivity index (χ1v) is 11.6. The Balaban J connectivity index is 1.13. The van der Waals surface area contributed by atoms with Gasteiger partial charge in [0.1, 0.15) is 5.58 Å². The molecule has 174 valence electrons. The molecule has 2 aromatic heterocycles. The van der Waals surface area contributed by atoms with E-state index in [0.29, 0.717) is 39.9 Å². The molecule has 0 saturated heterocycles. The number of amides is 2. The largest absolute Gasteiger partial charge is 0.451 e. The molecule has 1 aliphatic rings. The summed E-state index contributed by atoms with van der Waals surface area (Å²) >= 11 is 11.9. The highest BCUT2D eigenvalue weighted by Crippen LogP contribution is 2.24. The predicted molar refractivity (Wildman–Crippen MR) is 127 cm³/mol. The maximum absolute atomic E-state index is 12.6. The number of carbonyl (C=O) groups excluding carboxylic acids is 2. The molecule has 0 unspecified atom stereocenters. The summed E-state index contributed by atoms with van der Waals surface area (Å²) in [4.78, 5) is 29.3. The Hall–Kier alpha value is -3.36. The van der Waals surface area contributed by atoms with Gasteiger partial charge in [-0.1, -0.05) is 28.4 Å². The van der Waals surface area contributed by atoms with E-state index in [0.717, 1.165) is 18.2 Å². The summed E-state index contributed by atoms with van der Waals surface area (Å²) in [5, 5.41) is 11.8. The van der Waals surface area contributed by atoms with Crippen LogP contribution in [0.3, 0.4) is 0 Å². The summed E-state index contributed by atoms with van der Waals surface area (Å²) in [5.74, 6) is -0.200. The smallest absolute Gasteiger partial charge is 0.316 e. The van der Waals surface area contributed by atoms with Gasteiger partial charge in [-0.15, -0.1) is 0 Å². The van der Waals surface area contributed by atoms with Gasteiger partial charge in [-0.2, -0.15) is 4.98 Å². The van der Waals surface area contributed by atoms with Gasteiger partial charge in [-0.3, -0.25) is 9.59 Å². The molecule has 10 heteroatoms.